The molecular weight excluding hydrogens is 318 g/mol. The lowest BCUT2D eigenvalue weighted by atomic mass is 9.45. The van der Waals surface area contributed by atoms with Crippen molar-refractivity contribution in [2.24, 2.45) is 52.1 Å². The zero-order valence-electron chi connectivity index (χ0n) is 17.2. The van der Waals surface area contributed by atoms with Crippen LogP contribution >= 0.6 is 0 Å². The Morgan fingerprint density at radius 1 is 1.08 bits per heavy atom. The maximum absolute atomic E-state index is 11.3. The van der Waals surface area contributed by atoms with E-state index in [1.165, 1.54) is 51.4 Å². The van der Waals surface area contributed by atoms with Gasteiger partial charge in [-0.25, -0.2) is 0 Å². The highest BCUT2D eigenvalue weighted by molar-refractivity contribution is 5.73. The largest absolute Gasteiger partial charge is 0.370 e. The zero-order valence-corrected chi connectivity index (χ0v) is 17.2. The fourth-order valence-electron chi connectivity index (χ4n) is 8.38. The van der Waals surface area contributed by atoms with Crippen LogP contribution in [0.5, 0.6) is 0 Å². The summed E-state index contributed by atoms with van der Waals surface area (Å²) in [6, 6.07) is 0. The highest BCUT2D eigenvalue weighted by Gasteiger charge is 2.59. The lowest BCUT2D eigenvalue weighted by Gasteiger charge is -2.60. The molecule has 1 amide bonds. The van der Waals surface area contributed by atoms with Gasteiger partial charge in [-0.2, -0.15) is 0 Å². The lowest BCUT2D eigenvalue weighted by molar-refractivity contribution is -0.118. The van der Waals surface area contributed by atoms with E-state index in [2.05, 4.69) is 32.9 Å². The van der Waals surface area contributed by atoms with E-state index in [0.717, 1.165) is 36.0 Å². The predicted molar refractivity (Wildman–Crippen MR) is 107 cm³/mol. The van der Waals surface area contributed by atoms with E-state index in [1.54, 1.807) is 0 Å². The molecule has 4 rings (SSSR count). The Bertz CT molecular complexity index is 583. The molecule has 3 saturated carbocycles. The molecule has 26 heavy (non-hydrogen) atoms. The molecule has 0 heterocycles. The Labute approximate surface area is 160 Å². The van der Waals surface area contributed by atoms with Gasteiger partial charge in [-0.1, -0.05) is 32.9 Å². The van der Waals surface area contributed by atoms with Crippen LogP contribution in [0.25, 0.3) is 0 Å². The molecule has 0 spiro atoms. The summed E-state index contributed by atoms with van der Waals surface area (Å²) in [7, 11) is 0. The van der Waals surface area contributed by atoms with Gasteiger partial charge < -0.3 is 5.73 Å². The second kappa shape index (κ2) is 6.67. The molecule has 0 aliphatic heterocycles. The predicted octanol–water partition coefficient (Wildman–Crippen LogP) is 5.71. The van der Waals surface area contributed by atoms with Gasteiger partial charge in [-0.15, -0.1) is 0 Å². The second-order valence-electron chi connectivity index (χ2n) is 10.8. The van der Waals surface area contributed by atoms with Gasteiger partial charge in [0.15, 0.2) is 0 Å². The first kappa shape index (κ1) is 18.6. The molecule has 146 valence electrons. The number of carbonyl (C=O) groups excluding carboxylic acids is 1. The normalized spacial score (nSPS) is 48.3. The molecule has 3 fully saturated rings. The Kier molecular flexibility index (Phi) is 4.77. The summed E-state index contributed by atoms with van der Waals surface area (Å²) in [5, 5.41) is 0. The Hall–Kier alpha value is -0.790. The fraction of sp³-hybridized carbons (Fsp3) is 0.875. The number of primary amides is 1. The van der Waals surface area contributed by atoms with E-state index in [9.17, 15) is 4.79 Å². The molecule has 2 N–H and O–H groups in total. The van der Waals surface area contributed by atoms with Crippen molar-refractivity contribution >= 4 is 5.91 Å². The molecule has 4 aliphatic carbocycles. The second-order valence-corrected chi connectivity index (χ2v) is 10.8. The smallest absolute Gasteiger partial charge is 0.217 e. The molecule has 2 nitrogen and oxygen atoms in total. The first-order chi connectivity index (χ1) is 12.4. The summed E-state index contributed by atoms with van der Waals surface area (Å²) < 4.78 is 0. The van der Waals surface area contributed by atoms with Gasteiger partial charge >= 0.3 is 0 Å². The Morgan fingerprint density at radius 3 is 2.62 bits per heavy atom. The van der Waals surface area contributed by atoms with Crippen molar-refractivity contribution in [2.75, 3.05) is 0 Å². The average molecular weight is 358 g/mol. The zero-order chi connectivity index (χ0) is 18.5. The van der Waals surface area contributed by atoms with E-state index < -0.39 is 0 Å². The van der Waals surface area contributed by atoms with Crippen molar-refractivity contribution in [3.63, 3.8) is 0 Å². The molecule has 0 saturated heterocycles. The standard InChI is InChI=1S/C24H39NO/c1-16(7-12-22(25)26)19-10-11-20-18-9-8-17-6-4-5-14-23(17,2)21(18)13-15-24(19,20)3/h4-5,16-21H,6-15H2,1-3H3,(H2,25,26)/t16-,17?,18+,19-,20+,21+,23+,24-/m1/s1. The van der Waals surface area contributed by atoms with Crippen LogP contribution in [-0.4, -0.2) is 5.91 Å². The van der Waals surface area contributed by atoms with Gasteiger partial charge in [0.25, 0.3) is 0 Å². The number of fused-ring (bicyclic) bond motifs is 5. The van der Waals surface area contributed by atoms with Crippen LogP contribution in [0, 0.1) is 46.3 Å². The van der Waals surface area contributed by atoms with E-state index in [1.807, 2.05) is 0 Å². The van der Waals surface area contributed by atoms with E-state index in [-0.39, 0.29) is 5.91 Å². The minimum Gasteiger partial charge on any atom is -0.370 e. The third kappa shape index (κ3) is 2.78. The molecule has 0 aromatic carbocycles. The van der Waals surface area contributed by atoms with Crippen LogP contribution in [0.1, 0.15) is 85.0 Å². The van der Waals surface area contributed by atoms with Gasteiger partial charge in [0, 0.05) is 6.42 Å². The topological polar surface area (TPSA) is 43.1 Å². The summed E-state index contributed by atoms with van der Waals surface area (Å²) in [4.78, 5) is 11.3. The summed E-state index contributed by atoms with van der Waals surface area (Å²) >= 11 is 0. The summed E-state index contributed by atoms with van der Waals surface area (Å²) in [6.45, 7) is 7.63. The maximum atomic E-state index is 11.3. The molecule has 1 unspecified atom stereocenters. The van der Waals surface area contributed by atoms with E-state index >= 15 is 0 Å². The molecule has 8 atom stereocenters. The number of allylic oxidation sites excluding steroid dienone is 2. The first-order valence-corrected chi connectivity index (χ1v) is 11.3. The Morgan fingerprint density at radius 2 is 1.85 bits per heavy atom. The molecule has 2 heteroatoms. The molecule has 0 aromatic heterocycles. The number of hydrogen-bond donors (Lipinski definition) is 1. The van der Waals surface area contributed by atoms with Crippen LogP contribution < -0.4 is 5.73 Å². The number of amides is 1. The van der Waals surface area contributed by atoms with Crippen LogP contribution in [-0.2, 0) is 4.79 Å². The van der Waals surface area contributed by atoms with Crippen molar-refractivity contribution in [3.8, 4) is 0 Å². The average Bonchev–Trinajstić information content (AvgIpc) is 2.96. The molecular formula is C24H39NO. The van der Waals surface area contributed by atoms with Gasteiger partial charge in [0.05, 0.1) is 0 Å². The quantitative estimate of drug-likeness (QED) is 0.643. The van der Waals surface area contributed by atoms with Crippen molar-refractivity contribution < 1.29 is 4.79 Å². The van der Waals surface area contributed by atoms with Crippen LogP contribution in [0.15, 0.2) is 12.2 Å². The lowest BCUT2D eigenvalue weighted by Crippen LogP contribution is -2.52. The maximum Gasteiger partial charge on any atom is 0.217 e. The summed E-state index contributed by atoms with van der Waals surface area (Å²) in [6.07, 6.45) is 17.7. The van der Waals surface area contributed by atoms with Gasteiger partial charge in [-0.3, -0.25) is 4.79 Å². The first-order valence-electron chi connectivity index (χ1n) is 11.3. The van der Waals surface area contributed by atoms with Gasteiger partial charge in [0.2, 0.25) is 5.91 Å². The number of rotatable bonds is 4. The van der Waals surface area contributed by atoms with Crippen molar-refractivity contribution in [3.05, 3.63) is 12.2 Å². The highest BCUT2D eigenvalue weighted by atomic mass is 16.1. The minimum absolute atomic E-state index is 0.128. The van der Waals surface area contributed by atoms with E-state index in [4.69, 9.17) is 5.73 Å². The van der Waals surface area contributed by atoms with Crippen molar-refractivity contribution in [2.45, 2.75) is 85.0 Å². The van der Waals surface area contributed by atoms with Crippen molar-refractivity contribution in [1.82, 2.24) is 0 Å². The van der Waals surface area contributed by atoms with Gasteiger partial charge in [0.1, 0.15) is 0 Å². The number of nitrogens with two attached hydrogens (primary N) is 1. The Balaban J connectivity index is 1.53. The van der Waals surface area contributed by atoms with Crippen LogP contribution in [0.2, 0.25) is 0 Å². The van der Waals surface area contributed by atoms with Crippen molar-refractivity contribution in [1.29, 1.82) is 0 Å². The monoisotopic (exact) mass is 357 g/mol. The fourth-order valence-corrected chi connectivity index (χ4v) is 8.38. The summed E-state index contributed by atoms with van der Waals surface area (Å²) in [5.41, 5.74) is 6.49. The molecule has 0 bridgehead atoms. The van der Waals surface area contributed by atoms with Gasteiger partial charge in [-0.05, 0) is 104 Å². The molecule has 4 aliphatic rings. The third-order valence-electron chi connectivity index (χ3n) is 9.82. The highest BCUT2D eigenvalue weighted by Crippen LogP contribution is 2.67. The minimum atomic E-state index is -0.128. The number of carbonyl (C=O) groups is 1. The molecule has 0 radical (unpaired) electrons. The SMILES string of the molecule is C[C@H](CCC(N)=O)[C@H]1CC[C@H]2[C@@H]3CCC4CC=CC[C@]4(C)[C@H]3CC[C@]12C. The number of hydrogen-bond acceptors (Lipinski definition) is 1. The van der Waals surface area contributed by atoms with E-state index in [0.29, 0.717) is 23.2 Å². The summed E-state index contributed by atoms with van der Waals surface area (Å²) in [5.74, 6) is 5.06. The molecule has 0 aromatic rings. The van der Waals surface area contributed by atoms with Crippen LogP contribution in [0.4, 0.5) is 0 Å². The third-order valence-corrected chi connectivity index (χ3v) is 9.82. The van der Waals surface area contributed by atoms with Crippen LogP contribution in [0.3, 0.4) is 0 Å².